The second-order valence-electron chi connectivity index (χ2n) is 11.9. The molecule has 7 heteroatoms. The van der Waals surface area contributed by atoms with Crippen LogP contribution in [0.3, 0.4) is 0 Å². The molecule has 3 unspecified atom stereocenters. The maximum atomic E-state index is 15.0. The van der Waals surface area contributed by atoms with Gasteiger partial charge in [0, 0.05) is 0 Å². The van der Waals surface area contributed by atoms with Crippen molar-refractivity contribution in [2.45, 2.75) is 63.6 Å². The fourth-order valence-corrected chi connectivity index (χ4v) is 5.99. The molecule has 1 N–H and O–H groups in total. The zero-order valence-electron chi connectivity index (χ0n) is 26.8. The predicted octanol–water partition coefficient (Wildman–Crippen LogP) is 7.73. The molecule has 0 radical (unpaired) electrons. The third-order valence-corrected chi connectivity index (χ3v) is 8.37. The van der Waals surface area contributed by atoms with Crippen LogP contribution in [0.5, 0.6) is 0 Å². The summed E-state index contributed by atoms with van der Waals surface area (Å²) in [6.45, 7) is 1.17. The Hall–Kier alpha value is -4.21. The lowest BCUT2D eigenvalue weighted by molar-refractivity contribution is -0.275. The van der Waals surface area contributed by atoms with Crippen LogP contribution in [0.4, 0.5) is 4.39 Å². The first kappa shape index (κ1) is 33.7. The van der Waals surface area contributed by atoms with E-state index in [0.717, 1.165) is 22.3 Å². The number of benzene rings is 5. The highest BCUT2D eigenvalue weighted by molar-refractivity contribution is 5.28. The molecule has 1 aliphatic rings. The first-order valence-electron chi connectivity index (χ1n) is 16.3. The number of rotatable bonds is 15. The summed E-state index contributed by atoms with van der Waals surface area (Å²) in [5.74, 6) is -0.469. The number of ether oxygens (including phenoxy) is 5. The molecular formula is C41H41FO6. The van der Waals surface area contributed by atoms with Crippen LogP contribution in [-0.4, -0.2) is 36.1 Å². The van der Waals surface area contributed by atoms with E-state index in [1.807, 2.05) is 121 Å². The normalized spacial score (nSPS) is 20.8. The van der Waals surface area contributed by atoms with Crippen molar-refractivity contribution in [3.63, 3.8) is 0 Å². The van der Waals surface area contributed by atoms with Crippen LogP contribution in [-0.2, 0) is 56.7 Å². The average molecular weight is 649 g/mol. The third kappa shape index (κ3) is 9.23. The van der Waals surface area contributed by atoms with E-state index in [9.17, 15) is 9.50 Å². The SMILES string of the molecule is OCc1cc(F)cc(C2OC(COCc3ccccc3)[C@@H](OCc3ccccc3)C(OCc3ccccc3)[C@H]2OCc2ccccc2)c1. The quantitative estimate of drug-likeness (QED) is 0.125. The highest BCUT2D eigenvalue weighted by atomic mass is 19.1. The zero-order chi connectivity index (χ0) is 33.0. The molecule has 0 amide bonds. The number of aliphatic hydroxyl groups is 1. The van der Waals surface area contributed by atoms with Gasteiger partial charge in [0.2, 0.25) is 0 Å². The Labute approximate surface area is 281 Å². The Morgan fingerprint density at radius 3 is 1.48 bits per heavy atom. The van der Waals surface area contributed by atoms with E-state index < -0.39 is 36.3 Å². The Morgan fingerprint density at radius 2 is 0.979 bits per heavy atom. The first-order chi connectivity index (χ1) is 23.7. The minimum Gasteiger partial charge on any atom is -0.392 e. The highest BCUT2D eigenvalue weighted by Gasteiger charge is 2.49. The van der Waals surface area contributed by atoms with Crippen molar-refractivity contribution in [3.05, 3.63) is 179 Å². The summed E-state index contributed by atoms with van der Waals surface area (Å²) in [5.41, 5.74) is 4.99. The molecule has 1 heterocycles. The topological polar surface area (TPSA) is 66.4 Å². The number of hydrogen-bond donors (Lipinski definition) is 1. The zero-order valence-corrected chi connectivity index (χ0v) is 26.8. The summed E-state index contributed by atoms with van der Waals surface area (Å²) >= 11 is 0. The third-order valence-electron chi connectivity index (χ3n) is 8.37. The summed E-state index contributed by atoms with van der Waals surface area (Å²) in [6.07, 6.45) is -3.29. The summed E-state index contributed by atoms with van der Waals surface area (Å²) in [4.78, 5) is 0. The molecule has 48 heavy (non-hydrogen) atoms. The van der Waals surface area contributed by atoms with Crippen molar-refractivity contribution < 1.29 is 33.2 Å². The fraction of sp³-hybridized carbons (Fsp3) is 0.268. The van der Waals surface area contributed by atoms with Gasteiger partial charge in [-0.3, -0.25) is 0 Å². The largest absolute Gasteiger partial charge is 0.392 e. The van der Waals surface area contributed by atoms with E-state index in [0.29, 0.717) is 30.9 Å². The molecule has 5 atom stereocenters. The van der Waals surface area contributed by atoms with Gasteiger partial charge in [-0.05, 0) is 45.5 Å². The minimum atomic E-state index is -0.752. The average Bonchev–Trinajstić information content (AvgIpc) is 3.14. The van der Waals surface area contributed by atoms with Crippen molar-refractivity contribution in [1.82, 2.24) is 0 Å². The minimum absolute atomic E-state index is 0.198. The van der Waals surface area contributed by atoms with E-state index in [1.165, 1.54) is 12.1 Å². The Kier molecular flexibility index (Phi) is 12.1. The first-order valence-corrected chi connectivity index (χ1v) is 16.3. The molecule has 248 valence electrons. The Bertz CT molecular complexity index is 1650. The Morgan fingerprint density at radius 1 is 0.521 bits per heavy atom. The standard InChI is InChI=1S/C41H41FO6/c42-36-22-34(24-43)21-35(23-36)38-40(46-27-32-17-9-3-10-18-32)41(47-28-33-19-11-4-12-20-33)39(45-26-31-15-7-2-8-16-31)37(48-38)29-44-25-30-13-5-1-6-14-30/h1-23,37-41,43H,24-29H2/t37?,38?,39-,40+,41?/m1/s1. The fourth-order valence-electron chi connectivity index (χ4n) is 5.99. The Balaban J connectivity index is 1.37. The highest BCUT2D eigenvalue weighted by Crippen LogP contribution is 2.39. The van der Waals surface area contributed by atoms with Crippen molar-refractivity contribution in [2.24, 2.45) is 0 Å². The van der Waals surface area contributed by atoms with E-state index in [1.54, 1.807) is 6.07 Å². The van der Waals surface area contributed by atoms with Crippen molar-refractivity contribution in [2.75, 3.05) is 6.61 Å². The van der Waals surface area contributed by atoms with E-state index in [-0.39, 0.29) is 19.8 Å². The van der Waals surface area contributed by atoms with Gasteiger partial charge in [0.15, 0.2) is 0 Å². The second kappa shape index (κ2) is 17.3. The molecule has 1 fully saturated rings. The molecule has 6 nitrogen and oxygen atoms in total. The van der Waals surface area contributed by atoms with Crippen LogP contribution >= 0.6 is 0 Å². The second-order valence-corrected chi connectivity index (χ2v) is 11.9. The lowest BCUT2D eigenvalue weighted by Gasteiger charge is -2.46. The van der Waals surface area contributed by atoms with Gasteiger partial charge >= 0.3 is 0 Å². The summed E-state index contributed by atoms with van der Waals surface area (Å²) in [7, 11) is 0. The molecule has 0 bridgehead atoms. The molecule has 1 aliphatic heterocycles. The number of aliphatic hydroxyl groups excluding tert-OH is 1. The van der Waals surface area contributed by atoms with Crippen LogP contribution in [0.1, 0.15) is 39.5 Å². The van der Waals surface area contributed by atoms with Gasteiger partial charge in [-0.25, -0.2) is 4.39 Å². The summed E-state index contributed by atoms with van der Waals surface area (Å²) < 4.78 is 48.3. The summed E-state index contributed by atoms with van der Waals surface area (Å²) in [5, 5.41) is 9.96. The van der Waals surface area contributed by atoms with Gasteiger partial charge in [-0.15, -0.1) is 0 Å². The molecule has 5 aromatic rings. The van der Waals surface area contributed by atoms with E-state index in [2.05, 4.69) is 0 Å². The van der Waals surface area contributed by atoms with Crippen molar-refractivity contribution >= 4 is 0 Å². The van der Waals surface area contributed by atoms with Crippen LogP contribution in [0, 0.1) is 5.82 Å². The van der Waals surface area contributed by atoms with Crippen molar-refractivity contribution in [3.8, 4) is 0 Å². The van der Waals surface area contributed by atoms with Crippen LogP contribution < -0.4 is 0 Å². The van der Waals surface area contributed by atoms with Crippen LogP contribution in [0.2, 0.25) is 0 Å². The smallest absolute Gasteiger partial charge is 0.123 e. The molecule has 0 saturated carbocycles. The van der Waals surface area contributed by atoms with Gasteiger partial charge in [0.1, 0.15) is 36.3 Å². The van der Waals surface area contributed by atoms with Crippen LogP contribution in [0.15, 0.2) is 140 Å². The maximum Gasteiger partial charge on any atom is 0.123 e. The van der Waals surface area contributed by atoms with Gasteiger partial charge in [0.05, 0.1) is 39.6 Å². The van der Waals surface area contributed by atoms with Crippen LogP contribution in [0.25, 0.3) is 0 Å². The molecule has 0 aromatic heterocycles. The maximum absolute atomic E-state index is 15.0. The van der Waals surface area contributed by atoms with Crippen molar-refractivity contribution in [1.29, 1.82) is 0 Å². The van der Waals surface area contributed by atoms with Gasteiger partial charge in [0.25, 0.3) is 0 Å². The molecule has 0 spiro atoms. The van der Waals surface area contributed by atoms with Gasteiger partial charge in [-0.1, -0.05) is 127 Å². The molecule has 1 saturated heterocycles. The molecule has 5 aromatic carbocycles. The van der Waals surface area contributed by atoms with E-state index in [4.69, 9.17) is 23.7 Å². The number of hydrogen-bond acceptors (Lipinski definition) is 6. The lowest BCUT2D eigenvalue weighted by atomic mass is 9.89. The molecule has 6 rings (SSSR count). The lowest BCUT2D eigenvalue weighted by Crippen LogP contribution is -2.58. The molecular weight excluding hydrogens is 607 g/mol. The molecule has 0 aliphatic carbocycles. The number of halogens is 1. The summed E-state index contributed by atoms with van der Waals surface area (Å²) in [6, 6.07) is 44.2. The van der Waals surface area contributed by atoms with Gasteiger partial charge in [-0.2, -0.15) is 0 Å². The van der Waals surface area contributed by atoms with E-state index >= 15 is 0 Å². The predicted molar refractivity (Wildman–Crippen MR) is 181 cm³/mol. The monoisotopic (exact) mass is 648 g/mol. The van der Waals surface area contributed by atoms with Gasteiger partial charge < -0.3 is 28.8 Å².